The van der Waals surface area contributed by atoms with Crippen LogP contribution >= 0.6 is 0 Å². The fourth-order valence-electron chi connectivity index (χ4n) is 2.59. The summed E-state index contributed by atoms with van der Waals surface area (Å²) in [6, 6.07) is 19.0. The Morgan fingerprint density at radius 1 is 0.964 bits per heavy atom. The molecule has 144 valence electrons. The lowest BCUT2D eigenvalue weighted by Crippen LogP contribution is -2.24. The number of para-hydroxylation sites is 1. The molecule has 0 unspecified atom stereocenters. The smallest absolute Gasteiger partial charge is 0.261 e. The lowest BCUT2D eigenvalue weighted by Gasteiger charge is -2.13. The average molecular weight is 398 g/mol. The molecular formula is C21H19FN2O3S. The quantitative estimate of drug-likeness (QED) is 0.662. The molecule has 0 spiro atoms. The maximum atomic E-state index is 13.7. The van der Waals surface area contributed by atoms with Crippen LogP contribution in [0.5, 0.6) is 0 Å². The zero-order chi connectivity index (χ0) is 20.1. The molecule has 1 amide bonds. The zero-order valence-corrected chi connectivity index (χ0v) is 16.0. The van der Waals surface area contributed by atoms with Gasteiger partial charge < -0.3 is 5.32 Å². The van der Waals surface area contributed by atoms with Crippen molar-refractivity contribution in [2.75, 3.05) is 4.72 Å². The van der Waals surface area contributed by atoms with E-state index in [0.29, 0.717) is 16.8 Å². The fraction of sp³-hybridized carbons (Fsp3) is 0.0952. The molecule has 3 aromatic carbocycles. The van der Waals surface area contributed by atoms with Crippen LogP contribution < -0.4 is 10.0 Å². The largest absolute Gasteiger partial charge is 0.348 e. The molecule has 0 aromatic heterocycles. The summed E-state index contributed by atoms with van der Waals surface area (Å²) in [5.74, 6) is -0.900. The Labute approximate surface area is 163 Å². The third-order valence-corrected chi connectivity index (χ3v) is 5.57. The lowest BCUT2D eigenvalue weighted by molar-refractivity contribution is 0.0950. The summed E-state index contributed by atoms with van der Waals surface area (Å²) in [5, 5.41) is 2.69. The van der Waals surface area contributed by atoms with Crippen LogP contribution in [0.4, 0.5) is 10.1 Å². The summed E-state index contributed by atoms with van der Waals surface area (Å²) in [6.45, 7) is 1.70. The van der Waals surface area contributed by atoms with Crippen molar-refractivity contribution in [3.05, 3.63) is 95.3 Å². The maximum Gasteiger partial charge on any atom is 0.261 e. The molecule has 0 bridgehead atoms. The number of aryl methyl sites for hydroxylation is 1. The van der Waals surface area contributed by atoms with Crippen LogP contribution in [-0.2, 0) is 16.6 Å². The molecule has 28 heavy (non-hydrogen) atoms. The third-order valence-electron chi connectivity index (χ3n) is 4.19. The molecule has 3 aromatic rings. The molecule has 0 fully saturated rings. The van der Waals surface area contributed by atoms with Gasteiger partial charge in [-0.25, -0.2) is 12.8 Å². The van der Waals surface area contributed by atoms with Gasteiger partial charge in [0.2, 0.25) is 0 Å². The molecule has 7 heteroatoms. The van der Waals surface area contributed by atoms with Crippen molar-refractivity contribution >= 4 is 21.6 Å². The van der Waals surface area contributed by atoms with Crippen molar-refractivity contribution in [3.63, 3.8) is 0 Å². The molecule has 3 rings (SSSR count). The van der Waals surface area contributed by atoms with Crippen molar-refractivity contribution in [1.82, 2.24) is 5.32 Å². The summed E-state index contributed by atoms with van der Waals surface area (Å²) in [6.07, 6.45) is 0. The van der Waals surface area contributed by atoms with Gasteiger partial charge in [-0.05, 0) is 48.4 Å². The Morgan fingerprint density at radius 2 is 1.64 bits per heavy atom. The van der Waals surface area contributed by atoms with Crippen LogP contribution in [0.25, 0.3) is 0 Å². The normalized spacial score (nSPS) is 11.1. The topological polar surface area (TPSA) is 75.3 Å². The first-order valence-corrected chi connectivity index (χ1v) is 10.1. The van der Waals surface area contributed by atoms with Crippen molar-refractivity contribution < 1.29 is 17.6 Å². The van der Waals surface area contributed by atoms with E-state index in [4.69, 9.17) is 0 Å². The number of rotatable bonds is 6. The number of halogens is 1. The molecule has 2 N–H and O–H groups in total. The summed E-state index contributed by atoms with van der Waals surface area (Å²) < 4.78 is 41.3. The van der Waals surface area contributed by atoms with E-state index >= 15 is 0 Å². The molecule has 0 radical (unpaired) electrons. The van der Waals surface area contributed by atoms with E-state index in [9.17, 15) is 17.6 Å². The Balaban J connectivity index is 1.75. The van der Waals surface area contributed by atoms with Crippen LogP contribution in [-0.4, -0.2) is 14.3 Å². The first kappa shape index (κ1) is 19.6. The second kappa shape index (κ2) is 8.22. The summed E-state index contributed by atoms with van der Waals surface area (Å²) in [7, 11) is -3.75. The molecule has 0 heterocycles. The van der Waals surface area contributed by atoms with Crippen molar-refractivity contribution in [1.29, 1.82) is 0 Å². The number of benzene rings is 3. The minimum atomic E-state index is -3.75. The number of hydrogen-bond donors (Lipinski definition) is 2. The van der Waals surface area contributed by atoms with Crippen molar-refractivity contribution in [3.8, 4) is 0 Å². The highest BCUT2D eigenvalue weighted by molar-refractivity contribution is 7.92. The van der Waals surface area contributed by atoms with Gasteiger partial charge in [0.1, 0.15) is 5.82 Å². The Bertz CT molecular complexity index is 1100. The molecule has 0 saturated carbocycles. The van der Waals surface area contributed by atoms with Crippen molar-refractivity contribution in [2.24, 2.45) is 0 Å². The minimum Gasteiger partial charge on any atom is -0.348 e. The van der Waals surface area contributed by atoms with Gasteiger partial charge in [-0.1, -0.05) is 42.5 Å². The average Bonchev–Trinajstić information content (AvgIpc) is 2.69. The number of carbonyl (C=O) groups excluding carboxylic acids is 1. The third kappa shape index (κ3) is 4.55. The Kier molecular flexibility index (Phi) is 5.75. The molecule has 0 aliphatic rings. The van der Waals surface area contributed by atoms with E-state index < -0.39 is 21.7 Å². The minimum absolute atomic E-state index is 0.0851. The summed E-state index contributed by atoms with van der Waals surface area (Å²) in [5.41, 5.74) is 1.60. The van der Waals surface area contributed by atoms with Crippen LogP contribution in [0.3, 0.4) is 0 Å². The van der Waals surface area contributed by atoms with Gasteiger partial charge in [0, 0.05) is 12.1 Å². The predicted molar refractivity (Wildman–Crippen MR) is 106 cm³/mol. The van der Waals surface area contributed by atoms with Gasteiger partial charge in [0.15, 0.2) is 0 Å². The Morgan fingerprint density at radius 3 is 2.36 bits per heavy atom. The fourth-order valence-corrected chi connectivity index (χ4v) is 3.71. The van der Waals surface area contributed by atoms with Crippen LogP contribution in [0, 0.1) is 12.7 Å². The highest BCUT2D eigenvalue weighted by atomic mass is 32.2. The number of anilines is 1. The second-order valence-corrected chi connectivity index (χ2v) is 7.90. The first-order valence-electron chi connectivity index (χ1n) is 8.57. The highest BCUT2D eigenvalue weighted by Crippen LogP contribution is 2.20. The van der Waals surface area contributed by atoms with Crippen molar-refractivity contribution in [2.45, 2.75) is 18.4 Å². The van der Waals surface area contributed by atoms with Gasteiger partial charge >= 0.3 is 0 Å². The second-order valence-electron chi connectivity index (χ2n) is 6.22. The van der Waals surface area contributed by atoms with E-state index in [2.05, 4.69) is 10.0 Å². The highest BCUT2D eigenvalue weighted by Gasteiger charge is 2.16. The molecule has 0 saturated heterocycles. The van der Waals surface area contributed by atoms with Gasteiger partial charge in [0.05, 0.1) is 10.6 Å². The first-order chi connectivity index (χ1) is 13.4. The Hall–Kier alpha value is -3.19. The van der Waals surface area contributed by atoms with Gasteiger partial charge in [-0.3, -0.25) is 9.52 Å². The maximum absolute atomic E-state index is 13.7. The molecular weight excluding hydrogens is 379 g/mol. The van der Waals surface area contributed by atoms with Crippen LogP contribution in [0.1, 0.15) is 21.5 Å². The van der Waals surface area contributed by atoms with Gasteiger partial charge in [0.25, 0.3) is 15.9 Å². The number of amides is 1. The van der Waals surface area contributed by atoms with Crippen LogP contribution in [0.2, 0.25) is 0 Å². The van der Waals surface area contributed by atoms with E-state index in [-0.39, 0.29) is 17.0 Å². The lowest BCUT2D eigenvalue weighted by atomic mass is 10.1. The van der Waals surface area contributed by atoms with Gasteiger partial charge in [-0.2, -0.15) is 0 Å². The van der Waals surface area contributed by atoms with Gasteiger partial charge in [-0.15, -0.1) is 0 Å². The summed E-state index contributed by atoms with van der Waals surface area (Å²) in [4.78, 5) is 12.4. The SMILES string of the molecule is Cc1ccc(C(=O)NCc2ccccc2NS(=O)(=O)c2ccccc2)cc1F. The zero-order valence-electron chi connectivity index (χ0n) is 15.1. The number of hydrogen-bond acceptors (Lipinski definition) is 3. The number of carbonyl (C=O) groups is 1. The van der Waals surface area contributed by atoms with E-state index in [1.807, 2.05) is 0 Å². The standard InChI is InChI=1S/C21H19FN2O3S/c1-15-11-12-16(13-19(15)22)21(25)23-14-17-7-5-6-10-20(17)24-28(26,27)18-8-3-2-4-9-18/h2-13,24H,14H2,1H3,(H,23,25). The molecule has 0 aliphatic heterocycles. The van der Waals surface area contributed by atoms with E-state index in [1.54, 1.807) is 49.4 Å². The van der Waals surface area contributed by atoms with Crippen LogP contribution in [0.15, 0.2) is 77.7 Å². The molecule has 0 atom stereocenters. The number of sulfonamides is 1. The van der Waals surface area contributed by atoms with E-state index in [0.717, 1.165) is 0 Å². The summed E-state index contributed by atoms with van der Waals surface area (Å²) >= 11 is 0. The molecule has 0 aliphatic carbocycles. The number of nitrogens with one attached hydrogen (secondary N) is 2. The van der Waals surface area contributed by atoms with E-state index in [1.165, 1.54) is 30.3 Å². The molecule has 5 nitrogen and oxygen atoms in total. The predicted octanol–water partition coefficient (Wildman–Crippen LogP) is 3.86. The monoisotopic (exact) mass is 398 g/mol.